The summed E-state index contributed by atoms with van der Waals surface area (Å²) in [5, 5.41) is 10.1. The number of anilines is 1. The highest BCUT2D eigenvalue weighted by Crippen LogP contribution is 2.13. The second-order valence-electron chi connectivity index (χ2n) is 4.59. The SMILES string of the molecule is Cn1c(C(=NOCc2csc(N)n2)c2ccccc2)noc1=O. The maximum Gasteiger partial charge on any atom is 0.441 e. The predicted molar refractivity (Wildman–Crippen MR) is 85.1 cm³/mol. The molecule has 2 N–H and O–H groups in total. The number of nitrogen functional groups attached to an aromatic ring is 1. The number of oxime groups is 1. The molecule has 3 aromatic rings. The molecule has 23 heavy (non-hydrogen) atoms. The largest absolute Gasteiger partial charge is 0.441 e. The van der Waals surface area contributed by atoms with Gasteiger partial charge in [0.1, 0.15) is 0 Å². The summed E-state index contributed by atoms with van der Waals surface area (Å²) < 4.78 is 5.92. The van der Waals surface area contributed by atoms with Gasteiger partial charge < -0.3 is 10.6 Å². The van der Waals surface area contributed by atoms with Gasteiger partial charge in [-0.2, -0.15) is 0 Å². The Labute approximate surface area is 134 Å². The van der Waals surface area contributed by atoms with Crippen LogP contribution in [0.5, 0.6) is 0 Å². The van der Waals surface area contributed by atoms with Crippen molar-refractivity contribution in [1.29, 1.82) is 0 Å². The average molecular weight is 331 g/mol. The van der Waals surface area contributed by atoms with Crippen LogP contribution in [0.3, 0.4) is 0 Å². The van der Waals surface area contributed by atoms with Crippen molar-refractivity contribution in [2.75, 3.05) is 5.73 Å². The predicted octanol–water partition coefficient (Wildman–Crippen LogP) is 1.38. The van der Waals surface area contributed by atoms with Gasteiger partial charge in [-0.05, 0) is 0 Å². The van der Waals surface area contributed by atoms with Crippen LogP contribution in [0.4, 0.5) is 5.13 Å². The Balaban J connectivity index is 1.90. The van der Waals surface area contributed by atoms with Crippen LogP contribution in [0.15, 0.2) is 50.2 Å². The lowest BCUT2D eigenvalue weighted by Gasteiger charge is -2.04. The molecule has 0 amide bonds. The topological polar surface area (TPSA) is 109 Å². The Hall–Kier alpha value is -2.94. The van der Waals surface area contributed by atoms with Gasteiger partial charge in [0, 0.05) is 18.0 Å². The molecule has 0 aliphatic carbocycles. The number of nitrogens with two attached hydrogens (primary N) is 1. The summed E-state index contributed by atoms with van der Waals surface area (Å²) in [5.41, 5.74) is 7.38. The number of nitrogens with zero attached hydrogens (tertiary/aromatic N) is 4. The molecule has 0 radical (unpaired) electrons. The maximum absolute atomic E-state index is 11.5. The molecule has 0 saturated carbocycles. The van der Waals surface area contributed by atoms with Gasteiger partial charge in [0.2, 0.25) is 5.82 Å². The lowest BCUT2D eigenvalue weighted by Crippen LogP contribution is -2.17. The van der Waals surface area contributed by atoms with E-state index in [2.05, 4.69) is 19.8 Å². The first-order valence-electron chi connectivity index (χ1n) is 6.63. The summed E-state index contributed by atoms with van der Waals surface area (Å²) in [4.78, 5) is 20.9. The third-order valence-corrected chi connectivity index (χ3v) is 3.72. The van der Waals surface area contributed by atoms with Crippen molar-refractivity contribution in [3.8, 4) is 0 Å². The number of benzene rings is 1. The van der Waals surface area contributed by atoms with Gasteiger partial charge in [-0.25, -0.2) is 9.78 Å². The molecule has 0 fully saturated rings. The van der Waals surface area contributed by atoms with Crippen LogP contribution in [0.1, 0.15) is 17.1 Å². The van der Waals surface area contributed by atoms with E-state index in [1.807, 2.05) is 30.3 Å². The fourth-order valence-corrected chi connectivity index (χ4v) is 2.41. The van der Waals surface area contributed by atoms with Crippen LogP contribution in [0.2, 0.25) is 0 Å². The molecule has 1 aromatic carbocycles. The molecule has 0 atom stereocenters. The Kier molecular flexibility index (Phi) is 4.20. The highest BCUT2D eigenvalue weighted by Gasteiger charge is 2.17. The lowest BCUT2D eigenvalue weighted by atomic mass is 10.1. The van der Waals surface area contributed by atoms with E-state index in [0.29, 0.717) is 16.5 Å². The maximum atomic E-state index is 11.5. The van der Waals surface area contributed by atoms with Gasteiger partial charge in [0.15, 0.2) is 17.5 Å². The third kappa shape index (κ3) is 3.29. The molecule has 0 aliphatic heterocycles. The van der Waals surface area contributed by atoms with E-state index in [4.69, 9.17) is 10.6 Å². The molecule has 0 spiro atoms. The lowest BCUT2D eigenvalue weighted by molar-refractivity contribution is 0.128. The molecule has 2 aromatic heterocycles. The van der Waals surface area contributed by atoms with Gasteiger partial charge in [-0.3, -0.25) is 9.09 Å². The molecular weight excluding hydrogens is 318 g/mol. The summed E-state index contributed by atoms with van der Waals surface area (Å²) in [5.74, 6) is -0.296. The molecule has 0 unspecified atom stereocenters. The first-order chi connectivity index (χ1) is 11.1. The van der Waals surface area contributed by atoms with Gasteiger partial charge in [-0.15, -0.1) is 11.3 Å². The van der Waals surface area contributed by atoms with Gasteiger partial charge in [0.25, 0.3) is 0 Å². The second kappa shape index (κ2) is 6.44. The zero-order chi connectivity index (χ0) is 16.2. The molecule has 9 heteroatoms. The molecule has 0 aliphatic rings. The first-order valence-corrected chi connectivity index (χ1v) is 7.51. The van der Waals surface area contributed by atoms with E-state index >= 15 is 0 Å². The van der Waals surface area contributed by atoms with Crippen molar-refractivity contribution in [2.45, 2.75) is 6.61 Å². The van der Waals surface area contributed by atoms with Crippen LogP contribution >= 0.6 is 11.3 Å². The molecule has 3 rings (SSSR count). The first kappa shape index (κ1) is 15.0. The van der Waals surface area contributed by atoms with Crippen LogP contribution in [0.25, 0.3) is 0 Å². The Morgan fingerprint density at radius 3 is 2.83 bits per heavy atom. The van der Waals surface area contributed by atoms with Crippen LogP contribution in [-0.2, 0) is 18.5 Å². The minimum absolute atomic E-state index is 0.163. The minimum atomic E-state index is -0.573. The van der Waals surface area contributed by atoms with Crippen molar-refractivity contribution >= 4 is 22.2 Å². The highest BCUT2D eigenvalue weighted by molar-refractivity contribution is 7.13. The second-order valence-corrected chi connectivity index (χ2v) is 5.48. The van der Waals surface area contributed by atoms with Crippen LogP contribution in [0, 0.1) is 0 Å². The van der Waals surface area contributed by atoms with Gasteiger partial charge in [0.05, 0.1) is 5.69 Å². The number of aromatic nitrogens is 3. The summed E-state index contributed by atoms with van der Waals surface area (Å²) in [6.45, 7) is 0.163. The van der Waals surface area contributed by atoms with Crippen molar-refractivity contribution < 1.29 is 9.36 Å². The third-order valence-electron chi connectivity index (χ3n) is 3.00. The Morgan fingerprint density at radius 2 is 2.22 bits per heavy atom. The quantitative estimate of drug-likeness (QED) is 0.559. The van der Waals surface area contributed by atoms with Crippen LogP contribution in [-0.4, -0.2) is 20.4 Å². The Morgan fingerprint density at radius 1 is 1.43 bits per heavy atom. The average Bonchev–Trinajstić information content (AvgIpc) is 3.12. The summed E-state index contributed by atoms with van der Waals surface area (Å²) >= 11 is 1.33. The fraction of sp³-hybridized carbons (Fsp3) is 0.143. The van der Waals surface area contributed by atoms with Crippen molar-refractivity contribution in [1.82, 2.24) is 14.7 Å². The summed E-state index contributed by atoms with van der Waals surface area (Å²) in [7, 11) is 1.55. The van der Waals surface area contributed by atoms with E-state index in [0.717, 1.165) is 5.56 Å². The number of thiazole rings is 1. The van der Waals surface area contributed by atoms with E-state index in [-0.39, 0.29) is 12.4 Å². The molecule has 2 heterocycles. The van der Waals surface area contributed by atoms with Gasteiger partial charge >= 0.3 is 5.76 Å². The highest BCUT2D eigenvalue weighted by atomic mass is 32.1. The molecule has 0 bridgehead atoms. The van der Waals surface area contributed by atoms with Crippen molar-refractivity contribution in [3.63, 3.8) is 0 Å². The van der Waals surface area contributed by atoms with E-state index in [1.54, 1.807) is 12.4 Å². The number of rotatable bonds is 5. The summed E-state index contributed by atoms with van der Waals surface area (Å²) in [6, 6.07) is 9.25. The number of hydrogen-bond donors (Lipinski definition) is 1. The molecular formula is C14H13N5O3S. The molecule has 118 valence electrons. The summed E-state index contributed by atoms with van der Waals surface area (Å²) in [6.07, 6.45) is 0. The number of hydrogen-bond acceptors (Lipinski definition) is 8. The Bertz CT molecular complexity index is 881. The van der Waals surface area contributed by atoms with Crippen LogP contribution < -0.4 is 11.5 Å². The van der Waals surface area contributed by atoms with Crippen molar-refractivity contribution in [3.05, 3.63) is 63.3 Å². The zero-order valence-corrected chi connectivity index (χ0v) is 13.0. The van der Waals surface area contributed by atoms with E-state index < -0.39 is 5.76 Å². The minimum Gasteiger partial charge on any atom is -0.389 e. The van der Waals surface area contributed by atoms with Gasteiger partial charge in [-0.1, -0.05) is 40.6 Å². The fourth-order valence-electron chi connectivity index (χ4n) is 1.86. The van der Waals surface area contributed by atoms with E-state index in [9.17, 15) is 4.79 Å². The van der Waals surface area contributed by atoms with Crippen molar-refractivity contribution in [2.24, 2.45) is 12.2 Å². The zero-order valence-electron chi connectivity index (χ0n) is 12.2. The molecule has 8 nitrogen and oxygen atoms in total. The monoisotopic (exact) mass is 331 g/mol. The standard InChI is InChI=1S/C14H13N5O3S/c1-19-12(18-22-14(19)20)11(9-5-3-2-4-6-9)17-21-7-10-8-23-13(15)16-10/h2-6,8H,7H2,1H3,(H2,15,16). The molecule has 0 saturated heterocycles. The van der Waals surface area contributed by atoms with E-state index in [1.165, 1.54) is 15.9 Å². The normalized spacial score (nSPS) is 11.6. The smallest absolute Gasteiger partial charge is 0.389 e.